The summed E-state index contributed by atoms with van der Waals surface area (Å²) in [4.78, 5) is 37.6. The molecule has 1 atom stereocenters. The summed E-state index contributed by atoms with van der Waals surface area (Å²) in [5.41, 5.74) is 2.57. The molecular weight excluding hydrogens is 371 g/mol. The van der Waals surface area contributed by atoms with E-state index in [0.717, 1.165) is 37.1 Å². The zero-order valence-electron chi connectivity index (χ0n) is 16.6. The van der Waals surface area contributed by atoms with E-state index in [9.17, 15) is 14.0 Å². The lowest BCUT2D eigenvalue weighted by Crippen LogP contribution is -2.39. The third kappa shape index (κ3) is 4.28. The summed E-state index contributed by atoms with van der Waals surface area (Å²) in [7, 11) is 0. The van der Waals surface area contributed by atoms with Crippen LogP contribution in [0.1, 0.15) is 54.9 Å². The summed E-state index contributed by atoms with van der Waals surface area (Å²) < 4.78 is 13.4. The second-order valence-electron chi connectivity index (χ2n) is 7.80. The van der Waals surface area contributed by atoms with Crippen molar-refractivity contribution in [1.29, 1.82) is 0 Å². The molecule has 2 aliphatic heterocycles. The Morgan fingerprint density at radius 3 is 2.90 bits per heavy atom. The number of likely N-dealkylation sites (tertiary alicyclic amines) is 1. The third-order valence-electron chi connectivity index (χ3n) is 5.75. The lowest BCUT2D eigenvalue weighted by Gasteiger charge is -2.35. The first kappa shape index (κ1) is 19.5. The first-order chi connectivity index (χ1) is 14.0. The van der Waals surface area contributed by atoms with Crippen molar-refractivity contribution in [3.8, 4) is 0 Å². The van der Waals surface area contributed by atoms with E-state index in [1.807, 2.05) is 4.90 Å². The Hall–Kier alpha value is -2.83. The molecule has 4 rings (SSSR count). The predicted molar refractivity (Wildman–Crippen MR) is 105 cm³/mol. The highest BCUT2D eigenvalue weighted by molar-refractivity contribution is 5.79. The Morgan fingerprint density at radius 2 is 2.10 bits per heavy atom. The maximum Gasteiger partial charge on any atom is 0.227 e. The second-order valence-corrected chi connectivity index (χ2v) is 7.80. The molecule has 1 aromatic heterocycles. The average Bonchev–Trinajstić information content (AvgIpc) is 2.73. The quantitative estimate of drug-likeness (QED) is 0.800. The molecule has 2 aromatic rings. The van der Waals surface area contributed by atoms with Crippen LogP contribution in [-0.2, 0) is 29.0 Å². The molecule has 6 nitrogen and oxygen atoms in total. The van der Waals surface area contributed by atoms with Crippen molar-refractivity contribution in [2.75, 3.05) is 13.1 Å². The lowest BCUT2D eigenvalue weighted by atomic mass is 10.00. The highest BCUT2D eigenvalue weighted by Gasteiger charge is 2.30. The minimum absolute atomic E-state index is 0.0274. The Morgan fingerprint density at radius 1 is 1.24 bits per heavy atom. The fourth-order valence-corrected chi connectivity index (χ4v) is 4.22. The first-order valence-corrected chi connectivity index (χ1v) is 10.2. The summed E-state index contributed by atoms with van der Waals surface area (Å²) in [6, 6.07) is 6.10. The Labute approximate surface area is 169 Å². The topological polar surface area (TPSA) is 66.4 Å². The van der Waals surface area contributed by atoms with E-state index >= 15 is 0 Å². The van der Waals surface area contributed by atoms with Crippen LogP contribution in [0, 0.1) is 5.82 Å². The van der Waals surface area contributed by atoms with E-state index < -0.39 is 0 Å². The smallest absolute Gasteiger partial charge is 0.227 e. The summed E-state index contributed by atoms with van der Waals surface area (Å²) in [5, 5.41) is 0. The van der Waals surface area contributed by atoms with Gasteiger partial charge in [0.05, 0.1) is 18.2 Å². The van der Waals surface area contributed by atoms with E-state index in [1.165, 1.54) is 12.1 Å². The SMILES string of the molecule is CC(=O)N1CCCC[C@@H]1c1ncc2c(n1)CCN(C(=O)Cc1cccc(F)c1)C2. The number of piperidine rings is 1. The number of halogens is 1. The molecule has 2 aliphatic rings. The predicted octanol–water partition coefficient (Wildman–Crippen LogP) is 2.82. The number of aromatic nitrogens is 2. The van der Waals surface area contributed by atoms with Gasteiger partial charge < -0.3 is 9.80 Å². The molecule has 1 aromatic carbocycles. The minimum atomic E-state index is -0.331. The Kier molecular flexibility index (Phi) is 5.56. The number of carbonyl (C=O) groups is 2. The van der Waals surface area contributed by atoms with Gasteiger partial charge in [-0.15, -0.1) is 0 Å². The van der Waals surface area contributed by atoms with Gasteiger partial charge in [-0.05, 0) is 37.0 Å². The van der Waals surface area contributed by atoms with Gasteiger partial charge in [-0.25, -0.2) is 14.4 Å². The number of carbonyl (C=O) groups excluding carboxylic acids is 2. The van der Waals surface area contributed by atoms with Gasteiger partial charge in [0, 0.05) is 44.7 Å². The van der Waals surface area contributed by atoms with E-state index in [1.54, 1.807) is 30.2 Å². The fraction of sp³-hybridized carbons (Fsp3) is 0.455. The number of hydrogen-bond donors (Lipinski definition) is 0. The van der Waals surface area contributed by atoms with Crippen LogP contribution in [0.25, 0.3) is 0 Å². The molecule has 0 N–H and O–H groups in total. The van der Waals surface area contributed by atoms with Crippen molar-refractivity contribution in [1.82, 2.24) is 19.8 Å². The van der Waals surface area contributed by atoms with Gasteiger partial charge >= 0.3 is 0 Å². The number of nitrogens with zero attached hydrogens (tertiary/aromatic N) is 4. The molecule has 1 fully saturated rings. The van der Waals surface area contributed by atoms with Crippen molar-refractivity contribution in [2.45, 2.75) is 51.6 Å². The highest BCUT2D eigenvalue weighted by atomic mass is 19.1. The zero-order chi connectivity index (χ0) is 20.4. The molecule has 7 heteroatoms. The van der Waals surface area contributed by atoms with Crippen molar-refractivity contribution in [2.24, 2.45) is 0 Å². The molecule has 3 heterocycles. The molecule has 2 amide bonds. The molecule has 0 aliphatic carbocycles. The lowest BCUT2D eigenvalue weighted by molar-refractivity contribution is -0.133. The number of rotatable bonds is 3. The number of hydrogen-bond acceptors (Lipinski definition) is 4. The summed E-state index contributed by atoms with van der Waals surface area (Å²) in [6.45, 7) is 3.39. The highest BCUT2D eigenvalue weighted by Crippen LogP contribution is 2.30. The monoisotopic (exact) mass is 396 g/mol. The van der Waals surface area contributed by atoms with Crippen LogP contribution in [-0.4, -0.2) is 44.7 Å². The molecule has 0 bridgehead atoms. The maximum atomic E-state index is 13.4. The molecule has 29 heavy (non-hydrogen) atoms. The van der Waals surface area contributed by atoms with Crippen LogP contribution in [0.2, 0.25) is 0 Å². The zero-order valence-corrected chi connectivity index (χ0v) is 16.6. The van der Waals surface area contributed by atoms with Crippen molar-refractivity contribution >= 4 is 11.8 Å². The van der Waals surface area contributed by atoms with Crippen molar-refractivity contribution in [3.63, 3.8) is 0 Å². The second kappa shape index (κ2) is 8.27. The molecule has 0 saturated carbocycles. The van der Waals surface area contributed by atoms with Crippen LogP contribution >= 0.6 is 0 Å². The fourth-order valence-electron chi connectivity index (χ4n) is 4.22. The largest absolute Gasteiger partial charge is 0.338 e. The van der Waals surface area contributed by atoms with Crippen molar-refractivity contribution in [3.05, 3.63) is 58.9 Å². The minimum Gasteiger partial charge on any atom is -0.338 e. The van der Waals surface area contributed by atoms with Gasteiger partial charge in [-0.3, -0.25) is 9.59 Å². The van der Waals surface area contributed by atoms with Gasteiger partial charge in [-0.1, -0.05) is 12.1 Å². The first-order valence-electron chi connectivity index (χ1n) is 10.2. The van der Waals surface area contributed by atoms with Gasteiger partial charge in [0.25, 0.3) is 0 Å². The summed E-state index contributed by atoms with van der Waals surface area (Å²) >= 11 is 0. The third-order valence-corrected chi connectivity index (χ3v) is 5.75. The van der Waals surface area contributed by atoms with Gasteiger partial charge in [0.15, 0.2) is 5.82 Å². The molecular formula is C22H25FN4O2. The van der Waals surface area contributed by atoms with Gasteiger partial charge in [0.1, 0.15) is 5.82 Å². The number of fused-ring (bicyclic) bond motifs is 1. The Balaban J connectivity index is 1.46. The number of benzene rings is 1. The van der Waals surface area contributed by atoms with E-state index in [4.69, 9.17) is 4.98 Å². The molecule has 1 saturated heterocycles. The standard InChI is InChI=1S/C22H25FN4O2/c1-15(28)27-9-3-2-7-20(27)22-24-13-17-14-26(10-8-19(17)25-22)21(29)12-16-5-4-6-18(23)11-16/h4-6,11,13,20H,2-3,7-10,12,14H2,1H3/t20-/m1/s1. The van der Waals surface area contributed by atoms with Crippen molar-refractivity contribution < 1.29 is 14.0 Å². The molecule has 0 spiro atoms. The van der Waals surface area contributed by atoms with Crippen LogP contribution in [0.5, 0.6) is 0 Å². The van der Waals surface area contributed by atoms with E-state index in [0.29, 0.717) is 30.9 Å². The normalized spacial score (nSPS) is 19.0. The van der Waals surface area contributed by atoms with Gasteiger partial charge in [0.2, 0.25) is 11.8 Å². The molecule has 0 radical (unpaired) electrons. The molecule has 0 unspecified atom stereocenters. The van der Waals surface area contributed by atoms with Gasteiger partial charge in [-0.2, -0.15) is 0 Å². The van der Waals surface area contributed by atoms with Crippen LogP contribution in [0.4, 0.5) is 4.39 Å². The Bertz CT molecular complexity index is 933. The van der Waals surface area contributed by atoms with Crippen LogP contribution in [0.15, 0.2) is 30.5 Å². The number of amides is 2. The van der Waals surface area contributed by atoms with Crippen LogP contribution in [0.3, 0.4) is 0 Å². The molecule has 152 valence electrons. The van der Waals surface area contributed by atoms with Crippen LogP contribution < -0.4 is 0 Å². The summed E-state index contributed by atoms with van der Waals surface area (Å²) in [5.74, 6) is 0.409. The van der Waals surface area contributed by atoms with E-state index in [-0.39, 0.29) is 30.1 Å². The van der Waals surface area contributed by atoms with E-state index in [2.05, 4.69) is 4.98 Å². The maximum absolute atomic E-state index is 13.4. The summed E-state index contributed by atoms with van der Waals surface area (Å²) in [6.07, 6.45) is 5.61. The average molecular weight is 396 g/mol.